The van der Waals surface area contributed by atoms with Gasteiger partial charge in [-0.3, -0.25) is 4.55 Å². The fraction of sp³-hybridized carbons (Fsp3) is 0.806. The Hall–Kier alpha value is -0.910. The summed E-state index contributed by atoms with van der Waals surface area (Å²) in [4.78, 5) is 0. The van der Waals surface area contributed by atoms with Gasteiger partial charge < -0.3 is 0 Å². The highest BCUT2D eigenvalue weighted by Gasteiger charge is 2.26. The van der Waals surface area contributed by atoms with E-state index in [0.717, 1.165) is 38.5 Å². The molecule has 0 saturated carbocycles. The lowest BCUT2D eigenvalue weighted by Crippen LogP contribution is -2.36. The predicted octanol–water partition coefficient (Wildman–Crippen LogP) is 10.4. The highest BCUT2D eigenvalue weighted by molar-refractivity contribution is 7.85. The van der Waals surface area contributed by atoms with Crippen molar-refractivity contribution in [2.24, 2.45) is 0 Å². The van der Waals surface area contributed by atoms with Crippen LogP contribution in [0.4, 0.5) is 0 Å². The molecule has 0 heterocycles. The molecule has 0 aromatic carbocycles. The van der Waals surface area contributed by atoms with E-state index in [4.69, 9.17) is 0 Å². The Bertz CT molecular complexity index is 603. The van der Waals surface area contributed by atoms with E-state index >= 15 is 0 Å². The molecule has 0 aliphatic carbocycles. The molecule has 1 N–H and O–H groups in total. The molecule has 212 valence electrons. The lowest BCUT2D eigenvalue weighted by molar-refractivity contribution is -0.760. The van der Waals surface area contributed by atoms with Crippen LogP contribution in [0.5, 0.6) is 0 Å². The van der Waals surface area contributed by atoms with Crippen molar-refractivity contribution in [3.05, 3.63) is 36.8 Å². The Balaban J connectivity index is 5.12. The highest BCUT2D eigenvalue weighted by atomic mass is 32.2. The van der Waals surface area contributed by atoms with Crippen molar-refractivity contribution < 1.29 is 17.5 Å². The van der Waals surface area contributed by atoms with E-state index in [9.17, 15) is 13.0 Å². The van der Waals surface area contributed by atoms with Crippen LogP contribution in [-0.2, 0) is 10.1 Å². The van der Waals surface area contributed by atoms with Crippen LogP contribution in [0.25, 0.3) is 0 Å². The van der Waals surface area contributed by atoms with Gasteiger partial charge in [-0.05, 0) is 56.8 Å². The molecule has 0 aliphatic rings. The monoisotopic (exact) mass is 526 g/mol. The van der Waals surface area contributed by atoms with Crippen LogP contribution in [0.2, 0.25) is 0 Å². The number of unbranched alkanes of at least 4 members (excludes halogenated alkanes) is 18. The fourth-order valence-corrected chi connectivity index (χ4v) is 5.32. The topological polar surface area (TPSA) is 54.4 Å². The quantitative estimate of drug-likeness (QED) is 0.0692. The first-order chi connectivity index (χ1) is 17.4. The average Bonchev–Trinajstić information content (AvgIpc) is 2.83. The van der Waals surface area contributed by atoms with E-state index in [0.29, 0.717) is 0 Å². The second kappa shape index (κ2) is 24.4. The first kappa shape index (κ1) is 35.1. The van der Waals surface area contributed by atoms with Crippen LogP contribution >= 0.6 is 0 Å². The molecule has 0 fully saturated rings. The van der Waals surface area contributed by atoms with Gasteiger partial charge in [0.25, 0.3) is 0 Å². The van der Waals surface area contributed by atoms with Gasteiger partial charge in [0.05, 0.1) is 0 Å². The smallest absolute Gasteiger partial charge is 0.281 e. The summed E-state index contributed by atoms with van der Waals surface area (Å²) in [6, 6.07) is 0. The van der Waals surface area contributed by atoms with E-state index in [2.05, 4.69) is 39.0 Å². The van der Waals surface area contributed by atoms with Gasteiger partial charge in [0.1, 0.15) is 18.6 Å². The molecule has 0 saturated heterocycles. The van der Waals surface area contributed by atoms with Crippen molar-refractivity contribution in [2.45, 2.75) is 156 Å². The second-order valence-electron chi connectivity index (χ2n) is 10.5. The first-order valence-electron chi connectivity index (χ1n) is 15.2. The van der Waals surface area contributed by atoms with Crippen LogP contribution in [0.1, 0.15) is 156 Å². The Morgan fingerprint density at radius 2 is 0.778 bits per heavy atom. The summed E-state index contributed by atoms with van der Waals surface area (Å²) in [5.41, 5.74) is 0. The number of hydrogen-bond donors (Lipinski definition) is 1. The molecule has 0 atom stereocenters. The van der Waals surface area contributed by atoms with Crippen molar-refractivity contribution in [1.29, 1.82) is 0 Å². The molecule has 0 aromatic rings. The van der Waals surface area contributed by atoms with Crippen molar-refractivity contribution >= 4 is 10.1 Å². The zero-order valence-electron chi connectivity index (χ0n) is 24.1. The number of hydrogen-bond acceptors (Lipinski definition) is 2. The van der Waals surface area contributed by atoms with Gasteiger partial charge in [0, 0.05) is 0 Å². The molecule has 0 radical (unpaired) electrons. The summed E-state index contributed by atoms with van der Waals surface area (Å²) >= 11 is 0. The standard InChI is InChI=1S/C31H59NO3S/c1-4-7-10-13-16-19-22-25-28-32(31-36(33,34)35,29-26-23-20-17-14-11-8-5-2)30-27-24-21-18-15-12-9-6-3/h25-30H,4-24,31H2,1-3H3/p+1/b28-25+,29-26+,30-27+. The summed E-state index contributed by atoms with van der Waals surface area (Å²) in [5.74, 6) is -0.347. The van der Waals surface area contributed by atoms with Crippen LogP contribution < -0.4 is 0 Å². The zero-order valence-corrected chi connectivity index (χ0v) is 25.0. The average molecular weight is 527 g/mol. The lowest BCUT2D eigenvalue weighted by Gasteiger charge is -2.25. The van der Waals surface area contributed by atoms with E-state index in [1.54, 1.807) is 0 Å². The second-order valence-corrected chi connectivity index (χ2v) is 12.0. The van der Waals surface area contributed by atoms with Crippen molar-refractivity contribution in [2.75, 3.05) is 5.88 Å². The van der Waals surface area contributed by atoms with Crippen molar-refractivity contribution in [1.82, 2.24) is 0 Å². The molecule has 4 nitrogen and oxygen atoms in total. The van der Waals surface area contributed by atoms with Crippen LogP contribution in [-0.4, -0.2) is 23.3 Å². The molecule has 0 aromatic heterocycles. The van der Waals surface area contributed by atoms with Gasteiger partial charge >= 0.3 is 10.1 Å². The van der Waals surface area contributed by atoms with E-state index in [1.165, 1.54) is 96.3 Å². The Morgan fingerprint density at radius 3 is 1.06 bits per heavy atom. The normalized spacial score (nSPS) is 13.1. The number of nitrogens with zero attached hydrogens (tertiary/aromatic N) is 1. The third-order valence-electron chi connectivity index (χ3n) is 6.71. The molecular formula is C31H60NO3S+. The molecule has 5 heteroatoms. The molecule has 0 bridgehead atoms. The summed E-state index contributed by atoms with van der Waals surface area (Å²) in [7, 11) is -4.14. The number of rotatable bonds is 26. The molecule has 0 spiro atoms. The van der Waals surface area contributed by atoms with Crippen molar-refractivity contribution in [3.8, 4) is 0 Å². The van der Waals surface area contributed by atoms with Gasteiger partial charge in [-0.25, -0.2) is 4.48 Å². The maximum Gasteiger partial charge on any atom is 0.317 e. The molecule has 0 rings (SSSR count). The van der Waals surface area contributed by atoms with Gasteiger partial charge in [-0.15, -0.1) is 0 Å². The van der Waals surface area contributed by atoms with Crippen molar-refractivity contribution in [3.63, 3.8) is 0 Å². The highest BCUT2D eigenvalue weighted by Crippen LogP contribution is 2.19. The maximum atomic E-state index is 12.0. The van der Waals surface area contributed by atoms with Crippen LogP contribution in [0, 0.1) is 0 Å². The molecule has 36 heavy (non-hydrogen) atoms. The minimum atomic E-state index is -4.14. The summed E-state index contributed by atoms with van der Waals surface area (Å²) in [5, 5.41) is 0. The minimum absolute atomic E-state index is 0.0420. The molecule has 0 aliphatic heterocycles. The van der Waals surface area contributed by atoms with Crippen LogP contribution in [0.15, 0.2) is 36.8 Å². The van der Waals surface area contributed by atoms with Crippen LogP contribution in [0.3, 0.4) is 0 Å². The SMILES string of the molecule is CCCCCCCC/C=C/[N+](/C=C/CCCCCCCC)(/C=C/CCCCCCCC)CS(=O)(=O)O. The molecule has 0 unspecified atom stereocenters. The largest absolute Gasteiger partial charge is 0.317 e. The Morgan fingerprint density at radius 1 is 0.500 bits per heavy atom. The maximum absolute atomic E-state index is 12.0. The Kier molecular flexibility index (Phi) is 23.8. The molecule has 0 amide bonds. The van der Waals surface area contributed by atoms with Gasteiger partial charge in [0.2, 0.25) is 5.88 Å². The minimum Gasteiger partial charge on any atom is -0.281 e. The lowest BCUT2D eigenvalue weighted by atomic mass is 10.1. The van der Waals surface area contributed by atoms with Gasteiger partial charge in [0.15, 0.2) is 0 Å². The van der Waals surface area contributed by atoms with E-state index < -0.39 is 10.1 Å². The zero-order chi connectivity index (χ0) is 26.8. The Labute approximate surface area is 225 Å². The number of quaternary nitrogens is 1. The third kappa shape index (κ3) is 23.5. The number of allylic oxidation sites excluding steroid dienone is 3. The third-order valence-corrected chi connectivity index (χ3v) is 7.48. The summed E-state index contributed by atoms with van der Waals surface area (Å²) in [6.07, 6.45) is 37.4. The van der Waals surface area contributed by atoms with Gasteiger partial charge in [-0.2, -0.15) is 8.42 Å². The van der Waals surface area contributed by atoms with E-state index in [1.807, 2.05) is 18.6 Å². The fourth-order valence-electron chi connectivity index (χ4n) is 4.50. The van der Waals surface area contributed by atoms with E-state index in [-0.39, 0.29) is 10.4 Å². The summed E-state index contributed by atoms with van der Waals surface area (Å²) in [6.45, 7) is 6.69. The first-order valence-corrected chi connectivity index (χ1v) is 16.9. The predicted molar refractivity (Wildman–Crippen MR) is 158 cm³/mol. The summed E-state index contributed by atoms with van der Waals surface area (Å²) < 4.78 is 33.8. The van der Waals surface area contributed by atoms with Gasteiger partial charge in [-0.1, -0.05) is 117 Å². The molecular weight excluding hydrogens is 466 g/mol.